The second-order valence-corrected chi connectivity index (χ2v) is 3.77. The minimum atomic E-state index is 0.758. The molecular weight excluding hydrogens is 148 g/mol. The first-order valence-electron chi connectivity index (χ1n) is 4.59. The van der Waals surface area contributed by atoms with Crippen molar-refractivity contribution in [3.8, 4) is 0 Å². The molecule has 12 heavy (non-hydrogen) atoms. The fourth-order valence-corrected chi connectivity index (χ4v) is 2.52. The van der Waals surface area contributed by atoms with Gasteiger partial charge in [-0.25, -0.2) is 0 Å². The zero-order chi connectivity index (χ0) is 7.97. The zero-order valence-corrected chi connectivity index (χ0v) is 6.96. The molecule has 1 aromatic rings. The van der Waals surface area contributed by atoms with Crippen molar-refractivity contribution in [2.45, 2.75) is 12.3 Å². The third-order valence-corrected chi connectivity index (χ3v) is 3.12. The molecule has 0 amide bonds. The van der Waals surface area contributed by atoms with E-state index in [9.17, 15) is 0 Å². The van der Waals surface area contributed by atoms with E-state index in [1.165, 1.54) is 24.2 Å². The van der Waals surface area contributed by atoms with Crippen LogP contribution in [0.15, 0.2) is 18.3 Å². The summed E-state index contributed by atoms with van der Waals surface area (Å²) in [4.78, 5) is 4.41. The highest BCUT2D eigenvalue weighted by molar-refractivity contribution is 5.32. The normalized spacial score (nSPS) is 31.7. The first-order chi connectivity index (χ1) is 5.95. The van der Waals surface area contributed by atoms with Crippen LogP contribution in [-0.4, -0.2) is 18.1 Å². The first kappa shape index (κ1) is 6.61. The van der Waals surface area contributed by atoms with Crippen LogP contribution in [0.3, 0.4) is 0 Å². The lowest BCUT2D eigenvalue weighted by Gasteiger charge is -2.06. The highest BCUT2D eigenvalue weighted by Crippen LogP contribution is 2.38. The highest BCUT2D eigenvalue weighted by atomic mass is 14.9. The predicted octanol–water partition coefficient (Wildman–Crippen LogP) is 0.941. The van der Waals surface area contributed by atoms with E-state index >= 15 is 0 Å². The van der Waals surface area contributed by atoms with Crippen LogP contribution in [0.25, 0.3) is 0 Å². The van der Waals surface area contributed by atoms with Gasteiger partial charge in [0.05, 0.1) is 0 Å². The molecule has 0 bridgehead atoms. The van der Waals surface area contributed by atoms with E-state index in [1.807, 2.05) is 6.20 Å². The number of pyridine rings is 1. The lowest BCUT2D eigenvalue weighted by molar-refractivity contribution is 0.562. The van der Waals surface area contributed by atoms with Crippen LogP contribution in [0, 0.1) is 5.92 Å². The average molecular weight is 160 g/mol. The Labute approximate surface area is 72.0 Å². The minimum absolute atomic E-state index is 0.758. The van der Waals surface area contributed by atoms with Gasteiger partial charge < -0.3 is 5.32 Å². The van der Waals surface area contributed by atoms with Crippen LogP contribution in [0.1, 0.15) is 17.2 Å². The Kier molecular flexibility index (Phi) is 1.27. The first-order valence-corrected chi connectivity index (χ1v) is 4.59. The van der Waals surface area contributed by atoms with E-state index in [4.69, 9.17) is 0 Å². The molecule has 0 aromatic carbocycles. The maximum absolute atomic E-state index is 4.41. The molecule has 2 aliphatic rings. The van der Waals surface area contributed by atoms with Gasteiger partial charge in [0, 0.05) is 24.4 Å². The maximum atomic E-state index is 4.41. The van der Waals surface area contributed by atoms with Crippen LogP contribution >= 0.6 is 0 Å². The molecule has 0 spiro atoms. The topological polar surface area (TPSA) is 24.9 Å². The molecule has 2 unspecified atom stereocenters. The molecule has 2 nitrogen and oxygen atoms in total. The van der Waals surface area contributed by atoms with Crippen molar-refractivity contribution in [3.05, 3.63) is 29.6 Å². The molecule has 2 heterocycles. The van der Waals surface area contributed by atoms with E-state index < -0.39 is 0 Å². The van der Waals surface area contributed by atoms with E-state index in [0.717, 1.165) is 18.4 Å². The Morgan fingerprint density at radius 3 is 3.42 bits per heavy atom. The molecule has 2 heteroatoms. The standard InChI is InChI=1S/C10H12N2/c1-2-8-9-6-11-5-7(9)4-10(8)12-3-1/h1-3,7,9,11H,4-6H2. The van der Waals surface area contributed by atoms with Gasteiger partial charge in [0.2, 0.25) is 0 Å². The number of rotatable bonds is 0. The summed E-state index contributed by atoms with van der Waals surface area (Å²) in [7, 11) is 0. The quantitative estimate of drug-likeness (QED) is 0.611. The molecule has 3 rings (SSSR count). The summed E-state index contributed by atoms with van der Waals surface area (Å²) in [6, 6.07) is 4.29. The summed E-state index contributed by atoms with van der Waals surface area (Å²) in [5.74, 6) is 1.59. The van der Waals surface area contributed by atoms with Crippen molar-refractivity contribution < 1.29 is 0 Å². The van der Waals surface area contributed by atoms with Gasteiger partial charge >= 0.3 is 0 Å². The third-order valence-electron chi connectivity index (χ3n) is 3.12. The molecule has 1 N–H and O–H groups in total. The number of hydrogen-bond acceptors (Lipinski definition) is 2. The number of hydrogen-bond donors (Lipinski definition) is 1. The van der Waals surface area contributed by atoms with Gasteiger partial charge in [0.1, 0.15) is 0 Å². The molecule has 0 radical (unpaired) electrons. The van der Waals surface area contributed by atoms with Crippen molar-refractivity contribution in [2.75, 3.05) is 13.1 Å². The fraction of sp³-hybridized carbons (Fsp3) is 0.500. The van der Waals surface area contributed by atoms with Gasteiger partial charge in [0.25, 0.3) is 0 Å². The molecular formula is C10H12N2. The number of aromatic nitrogens is 1. The lowest BCUT2D eigenvalue weighted by Crippen LogP contribution is -2.10. The smallest absolute Gasteiger partial charge is 0.0442 e. The fourth-order valence-electron chi connectivity index (χ4n) is 2.52. The molecule has 1 aliphatic heterocycles. The summed E-state index contributed by atoms with van der Waals surface area (Å²) < 4.78 is 0. The number of nitrogens with zero attached hydrogens (tertiary/aromatic N) is 1. The largest absolute Gasteiger partial charge is 0.316 e. The minimum Gasteiger partial charge on any atom is -0.316 e. The van der Waals surface area contributed by atoms with Crippen LogP contribution in [0.2, 0.25) is 0 Å². The Hall–Kier alpha value is -0.890. The maximum Gasteiger partial charge on any atom is 0.0442 e. The van der Waals surface area contributed by atoms with Crippen LogP contribution < -0.4 is 5.32 Å². The number of nitrogens with one attached hydrogen (secondary N) is 1. The Balaban J connectivity index is 2.09. The molecule has 1 aliphatic carbocycles. The summed E-state index contributed by atoms with van der Waals surface area (Å²) in [6.07, 6.45) is 3.10. The lowest BCUT2D eigenvalue weighted by atomic mass is 9.97. The van der Waals surface area contributed by atoms with Crippen molar-refractivity contribution in [2.24, 2.45) is 5.92 Å². The van der Waals surface area contributed by atoms with Crippen molar-refractivity contribution in [1.29, 1.82) is 0 Å². The molecule has 2 atom stereocenters. The van der Waals surface area contributed by atoms with E-state index in [1.54, 1.807) is 0 Å². The average Bonchev–Trinajstić information content (AvgIpc) is 2.62. The van der Waals surface area contributed by atoms with Gasteiger partial charge in [-0.15, -0.1) is 0 Å². The summed E-state index contributed by atoms with van der Waals surface area (Å²) in [6.45, 7) is 2.34. The van der Waals surface area contributed by atoms with E-state index in [-0.39, 0.29) is 0 Å². The summed E-state index contributed by atoms with van der Waals surface area (Å²) >= 11 is 0. The van der Waals surface area contributed by atoms with Gasteiger partial charge in [-0.2, -0.15) is 0 Å². The van der Waals surface area contributed by atoms with Gasteiger partial charge in [-0.1, -0.05) is 6.07 Å². The SMILES string of the molecule is c1cnc2c(c1)C1CNCC1C2. The number of fused-ring (bicyclic) bond motifs is 3. The Bertz CT molecular complexity index is 308. The van der Waals surface area contributed by atoms with Crippen molar-refractivity contribution in [3.63, 3.8) is 0 Å². The predicted molar refractivity (Wildman–Crippen MR) is 47.0 cm³/mol. The van der Waals surface area contributed by atoms with Crippen molar-refractivity contribution >= 4 is 0 Å². The Morgan fingerprint density at radius 2 is 2.42 bits per heavy atom. The monoisotopic (exact) mass is 160 g/mol. The van der Waals surface area contributed by atoms with Crippen LogP contribution in [-0.2, 0) is 6.42 Å². The van der Waals surface area contributed by atoms with Gasteiger partial charge in [-0.3, -0.25) is 4.98 Å². The zero-order valence-electron chi connectivity index (χ0n) is 6.96. The molecule has 1 saturated heterocycles. The second-order valence-electron chi connectivity index (χ2n) is 3.77. The molecule has 62 valence electrons. The molecule has 1 fully saturated rings. The molecule has 0 saturated carbocycles. The van der Waals surface area contributed by atoms with E-state index in [2.05, 4.69) is 22.4 Å². The van der Waals surface area contributed by atoms with Gasteiger partial charge in [0.15, 0.2) is 0 Å². The molecule has 1 aromatic heterocycles. The van der Waals surface area contributed by atoms with Gasteiger partial charge in [-0.05, 0) is 30.5 Å². The second kappa shape index (κ2) is 2.30. The summed E-state index contributed by atoms with van der Waals surface area (Å²) in [5.41, 5.74) is 2.83. The summed E-state index contributed by atoms with van der Waals surface area (Å²) in [5, 5.41) is 3.44. The highest BCUT2D eigenvalue weighted by Gasteiger charge is 2.36. The third kappa shape index (κ3) is 0.758. The van der Waals surface area contributed by atoms with E-state index in [0.29, 0.717) is 0 Å². The van der Waals surface area contributed by atoms with Crippen molar-refractivity contribution in [1.82, 2.24) is 10.3 Å². The van der Waals surface area contributed by atoms with Crippen LogP contribution in [0.5, 0.6) is 0 Å². The van der Waals surface area contributed by atoms with Crippen LogP contribution in [0.4, 0.5) is 0 Å². The Morgan fingerprint density at radius 1 is 1.42 bits per heavy atom.